The standard InChI is InChI=1S/C17H15NO3S/c1-2-10-21-17(20)15(12-14-9-6-11-22-14)18-16(19)13-7-4-3-5-8-13/h1,3-9,11,15H,10,12H2,(H,18,19)/t15-/m0/s1. The van der Waals surface area contributed by atoms with Crippen molar-refractivity contribution in [1.82, 2.24) is 5.32 Å². The van der Waals surface area contributed by atoms with Crippen molar-refractivity contribution in [2.75, 3.05) is 6.61 Å². The predicted molar refractivity (Wildman–Crippen MR) is 85.5 cm³/mol. The lowest BCUT2D eigenvalue weighted by Gasteiger charge is -2.16. The first kappa shape index (κ1) is 15.8. The van der Waals surface area contributed by atoms with Crippen molar-refractivity contribution in [3.05, 3.63) is 58.3 Å². The van der Waals surface area contributed by atoms with Gasteiger partial charge in [0, 0.05) is 16.9 Å². The zero-order valence-corrected chi connectivity index (χ0v) is 12.6. The number of thiophene rings is 1. The maximum absolute atomic E-state index is 12.2. The van der Waals surface area contributed by atoms with E-state index in [4.69, 9.17) is 11.2 Å². The summed E-state index contributed by atoms with van der Waals surface area (Å²) in [7, 11) is 0. The number of nitrogens with one attached hydrogen (secondary N) is 1. The van der Waals surface area contributed by atoms with E-state index in [0.29, 0.717) is 12.0 Å². The van der Waals surface area contributed by atoms with E-state index in [1.807, 2.05) is 23.6 Å². The van der Waals surface area contributed by atoms with Crippen molar-refractivity contribution in [1.29, 1.82) is 0 Å². The van der Waals surface area contributed by atoms with Gasteiger partial charge in [-0.1, -0.05) is 30.2 Å². The Kier molecular flexibility index (Phi) is 5.75. The van der Waals surface area contributed by atoms with Crippen LogP contribution >= 0.6 is 11.3 Å². The summed E-state index contributed by atoms with van der Waals surface area (Å²) in [5.41, 5.74) is 0.489. The van der Waals surface area contributed by atoms with Gasteiger partial charge in [-0.05, 0) is 23.6 Å². The van der Waals surface area contributed by atoms with Crippen LogP contribution in [0.4, 0.5) is 0 Å². The van der Waals surface area contributed by atoms with E-state index in [2.05, 4.69) is 11.2 Å². The molecular weight excluding hydrogens is 298 g/mol. The molecule has 0 bridgehead atoms. The molecule has 5 heteroatoms. The first-order chi connectivity index (χ1) is 10.7. The number of terminal acetylenes is 1. The molecular formula is C17H15NO3S. The molecule has 1 N–H and O–H groups in total. The number of rotatable bonds is 6. The summed E-state index contributed by atoms with van der Waals surface area (Å²) in [6.07, 6.45) is 5.47. The molecule has 1 amide bonds. The lowest BCUT2D eigenvalue weighted by molar-refractivity contribution is -0.144. The number of esters is 1. The van der Waals surface area contributed by atoms with Gasteiger partial charge in [0.05, 0.1) is 0 Å². The highest BCUT2D eigenvalue weighted by molar-refractivity contribution is 7.09. The molecule has 112 valence electrons. The Bertz CT molecular complexity index is 659. The number of amides is 1. The molecule has 4 nitrogen and oxygen atoms in total. The average molecular weight is 313 g/mol. The zero-order chi connectivity index (χ0) is 15.8. The molecule has 1 heterocycles. The Balaban J connectivity index is 2.08. The molecule has 0 aliphatic carbocycles. The van der Waals surface area contributed by atoms with Crippen LogP contribution in [-0.4, -0.2) is 24.5 Å². The first-order valence-electron chi connectivity index (χ1n) is 6.69. The molecule has 0 aliphatic rings. The Morgan fingerprint density at radius 1 is 1.23 bits per heavy atom. The van der Waals surface area contributed by atoms with Crippen LogP contribution < -0.4 is 5.32 Å². The van der Waals surface area contributed by atoms with Gasteiger partial charge in [0.25, 0.3) is 5.91 Å². The highest BCUT2D eigenvalue weighted by Gasteiger charge is 2.23. The molecule has 0 unspecified atom stereocenters. The molecule has 0 saturated heterocycles. The van der Waals surface area contributed by atoms with E-state index in [0.717, 1.165) is 4.88 Å². The molecule has 2 aromatic rings. The second-order valence-corrected chi connectivity index (χ2v) is 5.52. The number of carbonyl (C=O) groups is 2. The molecule has 1 aromatic carbocycles. The molecule has 1 atom stereocenters. The third kappa shape index (κ3) is 4.47. The first-order valence-corrected chi connectivity index (χ1v) is 7.57. The second kappa shape index (κ2) is 8.01. The molecule has 0 radical (unpaired) electrons. The van der Waals surface area contributed by atoms with E-state index >= 15 is 0 Å². The SMILES string of the molecule is C#CCOC(=O)[C@H](Cc1cccs1)NC(=O)c1ccccc1. The van der Waals surface area contributed by atoms with E-state index in [-0.39, 0.29) is 12.5 Å². The molecule has 1 aromatic heterocycles. The topological polar surface area (TPSA) is 55.4 Å². The van der Waals surface area contributed by atoms with Crippen LogP contribution in [0.1, 0.15) is 15.2 Å². The summed E-state index contributed by atoms with van der Waals surface area (Å²) in [5, 5.41) is 4.62. The van der Waals surface area contributed by atoms with Gasteiger partial charge in [0.15, 0.2) is 6.61 Å². The number of hydrogen-bond donors (Lipinski definition) is 1. The number of ether oxygens (including phenoxy) is 1. The van der Waals surface area contributed by atoms with Gasteiger partial charge in [0.2, 0.25) is 0 Å². The van der Waals surface area contributed by atoms with Crippen molar-refractivity contribution in [3.63, 3.8) is 0 Å². The largest absolute Gasteiger partial charge is 0.451 e. The Labute approximate surface area is 133 Å². The normalized spacial score (nSPS) is 11.2. The summed E-state index contributed by atoms with van der Waals surface area (Å²) < 4.78 is 4.95. The fourth-order valence-electron chi connectivity index (χ4n) is 1.87. The molecule has 0 spiro atoms. The third-order valence-electron chi connectivity index (χ3n) is 2.91. The van der Waals surface area contributed by atoms with Crippen molar-refractivity contribution >= 4 is 23.2 Å². The summed E-state index contributed by atoms with van der Waals surface area (Å²) in [4.78, 5) is 25.3. The predicted octanol–water partition coefficient (Wildman–Crippen LogP) is 2.27. The van der Waals surface area contributed by atoms with Crippen molar-refractivity contribution in [2.24, 2.45) is 0 Å². The van der Waals surface area contributed by atoms with Gasteiger partial charge >= 0.3 is 5.97 Å². The van der Waals surface area contributed by atoms with Crippen molar-refractivity contribution in [3.8, 4) is 12.3 Å². The highest BCUT2D eigenvalue weighted by Crippen LogP contribution is 2.12. The molecule has 0 aliphatic heterocycles. The maximum Gasteiger partial charge on any atom is 0.329 e. The minimum Gasteiger partial charge on any atom is -0.451 e. The Morgan fingerprint density at radius 3 is 2.64 bits per heavy atom. The smallest absolute Gasteiger partial charge is 0.329 e. The summed E-state index contributed by atoms with van der Waals surface area (Å²) in [5.74, 6) is 1.39. The summed E-state index contributed by atoms with van der Waals surface area (Å²) in [6, 6.07) is 11.7. The quantitative estimate of drug-likeness (QED) is 0.657. The van der Waals surface area contributed by atoms with E-state index in [9.17, 15) is 9.59 Å². The van der Waals surface area contributed by atoms with Gasteiger partial charge in [-0.25, -0.2) is 4.79 Å². The van der Waals surface area contributed by atoms with Crippen molar-refractivity contribution < 1.29 is 14.3 Å². The molecule has 22 heavy (non-hydrogen) atoms. The summed E-state index contributed by atoms with van der Waals surface area (Å²) >= 11 is 1.52. The van der Waals surface area contributed by atoms with Crippen LogP contribution in [0.15, 0.2) is 47.8 Å². The summed E-state index contributed by atoms with van der Waals surface area (Å²) in [6.45, 7) is -0.110. The van der Waals surface area contributed by atoms with Crippen LogP contribution in [0.3, 0.4) is 0 Å². The van der Waals surface area contributed by atoms with E-state index < -0.39 is 12.0 Å². The van der Waals surface area contributed by atoms with Crippen LogP contribution in [0, 0.1) is 12.3 Å². The fourth-order valence-corrected chi connectivity index (χ4v) is 2.62. The third-order valence-corrected chi connectivity index (χ3v) is 3.81. The fraction of sp³-hybridized carbons (Fsp3) is 0.176. The van der Waals surface area contributed by atoms with Gasteiger partial charge in [-0.15, -0.1) is 17.8 Å². The van der Waals surface area contributed by atoms with Crippen LogP contribution in [0.5, 0.6) is 0 Å². The van der Waals surface area contributed by atoms with Gasteiger partial charge in [0.1, 0.15) is 6.04 Å². The highest BCUT2D eigenvalue weighted by atomic mass is 32.1. The lowest BCUT2D eigenvalue weighted by atomic mass is 10.1. The Hall–Kier alpha value is -2.58. The average Bonchev–Trinajstić information content (AvgIpc) is 3.05. The number of hydrogen-bond acceptors (Lipinski definition) is 4. The van der Waals surface area contributed by atoms with E-state index in [1.165, 1.54) is 11.3 Å². The zero-order valence-electron chi connectivity index (χ0n) is 11.8. The lowest BCUT2D eigenvalue weighted by Crippen LogP contribution is -2.43. The van der Waals surface area contributed by atoms with Crippen LogP contribution in [0.25, 0.3) is 0 Å². The second-order valence-electron chi connectivity index (χ2n) is 4.49. The minimum absolute atomic E-state index is 0.110. The van der Waals surface area contributed by atoms with Crippen LogP contribution in [0.2, 0.25) is 0 Å². The number of benzene rings is 1. The monoisotopic (exact) mass is 313 g/mol. The van der Waals surface area contributed by atoms with Crippen LogP contribution in [-0.2, 0) is 16.0 Å². The van der Waals surface area contributed by atoms with Gasteiger partial charge < -0.3 is 10.1 Å². The molecule has 0 fully saturated rings. The van der Waals surface area contributed by atoms with Crippen molar-refractivity contribution in [2.45, 2.75) is 12.5 Å². The minimum atomic E-state index is -0.764. The Morgan fingerprint density at radius 2 is 2.00 bits per heavy atom. The van der Waals surface area contributed by atoms with Gasteiger partial charge in [-0.2, -0.15) is 0 Å². The molecule has 0 saturated carbocycles. The number of carbonyl (C=O) groups excluding carboxylic acids is 2. The van der Waals surface area contributed by atoms with E-state index in [1.54, 1.807) is 24.3 Å². The van der Waals surface area contributed by atoms with Gasteiger partial charge in [-0.3, -0.25) is 4.79 Å². The maximum atomic E-state index is 12.2. The molecule has 2 rings (SSSR count).